The molecule has 3 heteroatoms. The number of hydrogen-bond acceptors (Lipinski definition) is 3. The van der Waals surface area contributed by atoms with Gasteiger partial charge in [0.2, 0.25) is 0 Å². The van der Waals surface area contributed by atoms with Crippen LogP contribution in [0.1, 0.15) is 13.3 Å². The van der Waals surface area contributed by atoms with Gasteiger partial charge in [-0.1, -0.05) is 0 Å². The molecule has 3 nitrogen and oxygen atoms in total. The molecule has 0 amide bonds. The molecule has 1 aliphatic rings. The maximum absolute atomic E-state index is 9.12. The van der Waals surface area contributed by atoms with Crippen molar-refractivity contribution in [2.45, 2.75) is 25.5 Å². The summed E-state index contributed by atoms with van der Waals surface area (Å²) in [6.45, 7) is 4.81. The van der Waals surface area contributed by atoms with Gasteiger partial charge in [-0.15, -0.1) is 0 Å². The summed E-state index contributed by atoms with van der Waals surface area (Å²) in [5.74, 6) is 0. The van der Waals surface area contributed by atoms with Gasteiger partial charge in [-0.25, -0.2) is 0 Å². The molecular formula is C8H18N2O. The Bertz CT molecular complexity index is 111. The van der Waals surface area contributed by atoms with Crippen LogP contribution in [-0.2, 0) is 0 Å². The highest BCUT2D eigenvalue weighted by atomic mass is 16.3. The summed E-state index contributed by atoms with van der Waals surface area (Å²) in [5.41, 5.74) is 0. The second kappa shape index (κ2) is 4.04. The number of aliphatic hydroxyl groups is 1. The molecule has 0 saturated carbocycles. The highest BCUT2D eigenvalue weighted by molar-refractivity contribution is 4.79. The summed E-state index contributed by atoms with van der Waals surface area (Å²) in [6.07, 6.45) is 1.00. The maximum Gasteiger partial charge on any atom is 0.0639 e. The number of nitrogens with zero attached hydrogens (tertiary/aromatic N) is 1. The van der Waals surface area contributed by atoms with Crippen LogP contribution in [0.5, 0.6) is 0 Å². The molecule has 0 aromatic rings. The standard InChI is InChI=1S/C8H18N2O/c1-7(11)6-10(2)8-3-4-9-5-8/h7-9,11H,3-6H2,1-2H3/t7-,8?/m1/s1. The van der Waals surface area contributed by atoms with Crippen molar-refractivity contribution < 1.29 is 5.11 Å². The first-order chi connectivity index (χ1) is 5.20. The third kappa shape index (κ3) is 2.77. The Morgan fingerprint density at radius 1 is 1.73 bits per heavy atom. The molecule has 0 spiro atoms. The Balaban J connectivity index is 2.22. The van der Waals surface area contributed by atoms with E-state index in [1.165, 1.54) is 6.42 Å². The van der Waals surface area contributed by atoms with Crippen molar-refractivity contribution in [2.75, 3.05) is 26.7 Å². The molecule has 2 N–H and O–H groups in total. The average Bonchev–Trinajstić information content (AvgIpc) is 2.35. The fourth-order valence-electron chi connectivity index (χ4n) is 1.58. The zero-order valence-electron chi connectivity index (χ0n) is 7.38. The number of rotatable bonds is 3. The minimum absolute atomic E-state index is 0.208. The molecular weight excluding hydrogens is 140 g/mol. The van der Waals surface area contributed by atoms with Crippen molar-refractivity contribution in [1.82, 2.24) is 10.2 Å². The van der Waals surface area contributed by atoms with Crippen LogP contribution in [0.3, 0.4) is 0 Å². The quantitative estimate of drug-likeness (QED) is 0.590. The molecule has 11 heavy (non-hydrogen) atoms. The number of aliphatic hydroxyl groups excluding tert-OH is 1. The van der Waals surface area contributed by atoms with E-state index in [1.807, 2.05) is 6.92 Å². The van der Waals surface area contributed by atoms with Crippen molar-refractivity contribution in [3.8, 4) is 0 Å². The predicted molar refractivity (Wildman–Crippen MR) is 45.6 cm³/mol. The van der Waals surface area contributed by atoms with E-state index < -0.39 is 0 Å². The number of likely N-dealkylation sites (N-methyl/N-ethyl adjacent to an activating group) is 1. The molecule has 0 aromatic carbocycles. The van der Waals surface area contributed by atoms with E-state index in [0.717, 1.165) is 19.6 Å². The molecule has 0 aliphatic carbocycles. The summed E-state index contributed by atoms with van der Waals surface area (Å²) in [6, 6.07) is 0.629. The van der Waals surface area contributed by atoms with Crippen LogP contribution in [0.15, 0.2) is 0 Å². The van der Waals surface area contributed by atoms with E-state index in [-0.39, 0.29) is 6.10 Å². The van der Waals surface area contributed by atoms with Gasteiger partial charge in [-0.2, -0.15) is 0 Å². The van der Waals surface area contributed by atoms with Gasteiger partial charge >= 0.3 is 0 Å². The predicted octanol–water partition coefficient (Wildman–Crippen LogP) is -0.339. The molecule has 1 unspecified atom stereocenters. The highest BCUT2D eigenvalue weighted by Gasteiger charge is 2.19. The van der Waals surface area contributed by atoms with Crippen molar-refractivity contribution in [2.24, 2.45) is 0 Å². The lowest BCUT2D eigenvalue weighted by molar-refractivity contribution is 0.122. The van der Waals surface area contributed by atoms with Crippen LogP contribution < -0.4 is 5.32 Å². The molecule has 1 fully saturated rings. The molecule has 0 radical (unpaired) electrons. The third-order valence-electron chi connectivity index (χ3n) is 2.21. The first kappa shape index (κ1) is 8.97. The Morgan fingerprint density at radius 3 is 2.91 bits per heavy atom. The van der Waals surface area contributed by atoms with Crippen molar-refractivity contribution in [1.29, 1.82) is 0 Å². The van der Waals surface area contributed by atoms with Gasteiger partial charge in [0.1, 0.15) is 0 Å². The smallest absolute Gasteiger partial charge is 0.0639 e. The summed E-state index contributed by atoms with van der Waals surface area (Å²) in [7, 11) is 2.07. The summed E-state index contributed by atoms with van der Waals surface area (Å²) in [4.78, 5) is 2.23. The zero-order chi connectivity index (χ0) is 8.27. The Kier molecular flexibility index (Phi) is 3.30. The van der Waals surface area contributed by atoms with E-state index in [0.29, 0.717) is 6.04 Å². The van der Waals surface area contributed by atoms with E-state index >= 15 is 0 Å². The fourth-order valence-corrected chi connectivity index (χ4v) is 1.58. The molecule has 1 heterocycles. The third-order valence-corrected chi connectivity index (χ3v) is 2.21. The summed E-state index contributed by atoms with van der Waals surface area (Å²) in [5, 5.41) is 12.4. The van der Waals surface area contributed by atoms with Crippen LogP contribution >= 0.6 is 0 Å². The highest BCUT2D eigenvalue weighted by Crippen LogP contribution is 2.05. The Labute approximate surface area is 68.4 Å². The number of nitrogens with one attached hydrogen (secondary N) is 1. The largest absolute Gasteiger partial charge is 0.392 e. The van der Waals surface area contributed by atoms with Crippen molar-refractivity contribution >= 4 is 0 Å². The first-order valence-corrected chi connectivity index (χ1v) is 4.29. The molecule has 66 valence electrons. The van der Waals surface area contributed by atoms with E-state index in [9.17, 15) is 0 Å². The maximum atomic E-state index is 9.12. The minimum Gasteiger partial charge on any atom is -0.392 e. The summed E-state index contributed by atoms with van der Waals surface area (Å²) < 4.78 is 0. The van der Waals surface area contributed by atoms with Crippen LogP contribution in [0, 0.1) is 0 Å². The molecule has 1 saturated heterocycles. The second-order valence-corrected chi connectivity index (χ2v) is 3.44. The zero-order valence-corrected chi connectivity index (χ0v) is 7.38. The molecule has 1 rings (SSSR count). The lowest BCUT2D eigenvalue weighted by Crippen LogP contribution is -2.37. The van der Waals surface area contributed by atoms with Gasteiger partial charge in [-0.3, -0.25) is 4.90 Å². The molecule has 2 atom stereocenters. The van der Waals surface area contributed by atoms with Gasteiger partial charge in [0.15, 0.2) is 0 Å². The molecule has 0 aromatic heterocycles. The molecule has 0 bridgehead atoms. The minimum atomic E-state index is -0.208. The summed E-state index contributed by atoms with van der Waals surface area (Å²) >= 11 is 0. The topological polar surface area (TPSA) is 35.5 Å². The van der Waals surface area contributed by atoms with Gasteiger partial charge < -0.3 is 10.4 Å². The molecule has 1 aliphatic heterocycles. The van der Waals surface area contributed by atoms with Crippen LogP contribution in [-0.4, -0.2) is 48.8 Å². The van der Waals surface area contributed by atoms with Crippen LogP contribution in [0.2, 0.25) is 0 Å². The monoisotopic (exact) mass is 158 g/mol. The van der Waals surface area contributed by atoms with E-state index in [2.05, 4.69) is 17.3 Å². The van der Waals surface area contributed by atoms with Crippen LogP contribution in [0.25, 0.3) is 0 Å². The van der Waals surface area contributed by atoms with Gasteiger partial charge in [-0.05, 0) is 26.9 Å². The fraction of sp³-hybridized carbons (Fsp3) is 1.00. The second-order valence-electron chi connectivity index (χ2n) is 3.44. The van der Waals surface area contributed by atoms with Crippen molar-refractivity contribution in [3.05, 3.63) is 0 Å². The van der Waals surface area contributed by atoms with E-state index in [4.69, 9.17) is 5.11 Å². The Morgan fingerprint density at radius 2 is 2.45 bits per heavy atom. The van der Waals surface area contributed by atoms with Crippen LogP contribution in [0.4, 0.5) is 0 Å². The first-order valence-electron chi connectivity index (χ1n) is 4.29. The lowest BCUT2D eigenvalue weighted by Gasteiger charge is -2.24. The average molecular weight is 158 g/mol. The van der Waals surface area contributed by atoms with Gasteiger partial charge in [0, 0.05) is 19.1 Å². The van der Waals surface area contributed by atoms with Gasteiger partial charge in [0.25, 0.3) is 0 Å². The van der Waals surface area contributed by atoms with E-state index in [1.54, 1.807) is 0 Å². The number of hydrogen-bond donors (Lipinski definition) is 2. The Hall–Kier alpha value is -0.120. The van der Waals surface area contributed by atoms with Gasteiger partial charge in [0.05, 0.1) is 6.10 Å². The lowest BCUT2D eigenvalue weighted by atomic mass is 10.2. The van der Waals surface area contributed by atoms with Crippen molar-refractivity contribution in [3.63, 3.8) is 0 Å². The SMILES string of the molecule is C[C@@H](O)CN(C)C1CCNC1. The normalized spacial score (nSPS) is 27.8.